The molecule has 0 bridgehead atoms. The van der Waals surface area contributed by atoms with E-state index in [9.17, 15) is 23.6 Å². The van der Waals surface area contributed by atoms with Crippen molar-refractivity contribution in [2.24, 2.45) is 0 Å². The Bertz CT molecular complexity index is 941. The van der Waals surface area contributed by atoms with Crippen molar-refractivity contribution in [2.75, 3.05) is 19.0 Å². The van der Waals surface area contributed by atoms with Gasteiger partial charge in [-0.2, -0.15) is 0 Å². The first-order valence-electron chi connectivity index (χ1n) is 7.55. The average molecular weight is 356 g/mol. The summed E-state index contributed by atoms with van der Waals surface area (Å²) in [6.45, 7) is -0.575. The molecule has 132 valence electrons. The Morgan fingerprint density at radius 3 is 2.54 bits per heavy atom. The minimum atomic E-state index is -0.860. The van der Waals surface area contributed by atoms with Crippen LogP contribution in [0.5, 0.6) is 0 Å². The lowest BCUT2D eigenvalue weighted by atomic mass is 10.1. The fourth-order valence-corrected chi connectivity index (χ4v) is 2.62. The number of imide groups is 1. The van der Waals surface area contributed by atoms with Crippen LogP contribution in [0.1, 0.15) is 31.1 Å². The van der Waals surface area contributed by atoms with Crippen molar-refractivity contribution in [3.8, 4) is 0 Å². The van der Waals surface area contributed by atoms with Crippen molar-refractivity contribution in [2.45, 2.75) is 0 Å². The van der Waals surface area contributed by atoms with Crippen LogP contribution in [0, 0.1) is 5.82 Å². The van der Waals surface area contributed by atoms with E-state index in [4.69, 9.17) is 0 Å². The Kier molecular flexibility index (Phi) is 4.49. The van der Waals surface area contributed by atoms with Gasteiger partial charge in [0.1, 0.15) is 12.4 Å². The molecule has 8 heteroatoms. The van der Waals surface area contributed by atoms with Gasteiger partial charge in [-0.15, -0.1) is 0 Å². The molecule has 0 fully saturated rings. The number of halogens is 1. The minimum absolute atomic E-state index is 0.0736. The molecule has 1 N–H and O–H groups in total. The van der Waals surface area contributed by atoms with E-state index in [0.29, 0.717) is 10.6 Å². The first kappa shape index (κ1) is 17.3. The predicted octanol–water partition coefficient (Wildman–Crippen LogP) is 1.85. The molecule has 0 radical (unpaired) electrons. The third-order valence-electron chi connectivity index (χ3n) is 3.82. The number of hydrogen-bond acceptors (Lipinski definition) is 5. The molecule has 1 aliphatic rings. The van der Waals surface area contributed by atoms with Gasteiger partial charge >= 0.3 is 5.97 Å². The van der Waals surface area contributed by atoms with E-state index in [-0.39, 0.29) is 16.7 Å². The van der Waals surface area contributed by atoms with Crippen LogP contribution in [-0.2, 0) is 9.53 Å². The number of hydrogen-bond donors (Lipinski definition) is 1. The van der Waals surface area contributed by atoms with Gasteiger partial charge in [-0.3, -0.25) is 19.3 Å². The Morgan fingerprint density at radius 1 is 1.12 bits per heavy atom. The normalized spacial score (nSPS) is 12.8. The molecule has 2 aromatic rings. The van der Waals surface area contributed by atoms with Crippen molar-refractivity contribution in [1.82, 2.24) is 4.90 Å². The van der Waals surface area contributed by atoms with E-state index in [1.807, 2.05) is 0 Å². The van der Waals surface area contributed by atoms with E-state index in [2.05, 4.69) is 10.1 Å². The summed E-state index contributed by atoms with van der Waals surface area (Å²) < 4.78 is 18.4. The molecule has 1 aliphatic heterocycles. The van der Waals surface area contributed by atoms with Crippen LogP contribution in [0.2, 0.25) is 0 Å². The Hall–Kier alpha value is -3.55. The van der Waals surface area contributed by atoms with E-state index in [1.165, 1.54) is 37.4 Å². The average Bonchev–Trinajstić information content (AvgIpc) is 2.87. The van der Waals surface area contributed by atoms with E-state index >= 15 is 0 Å². The second-order valence-corrected chi connectivity index (χ2v) is 5.48. The number of nitrogens with zero attached hydrogens (tertiary/aromatic N) is 1. The van der Waals surface area contributed by atoms with Crippen LogP contribution < -0.4 is 5.32 Å². The summed E-state index contributed by atoms with van der Waals surface area (Å²) in [5, 5.41) is 2.48. The molecule has 3 rings (SSSR count). The summed E-state index contributed by atoms with van der Waals surface area (Å²) in [6.07, 6.45) is 0. The van der Waals surface area contributed by atoms with Crippen molar-refractivity contribution in [3.05, 3.63) is 65.0 Å². The molecule has 0 aromatic heterocycles. The number of carbonyl (C=O) groups excluding carboxylic acids is 4. The van der Waals surface area contributed by atoms with Gasteiger partial charge < -0.3 is 10.1 Å². The zero-order valence-corrected chi connectivity index (χ0v) is 13.6. The van der Waals surface area contributed by atoms with Gasteiger partial charge in [-0.05, 0) is 30.3 Å². The van der Waals surface area contributed by atoms with Crippen LogP contribution in [0.4, 0.5) is 10.1 Å². The van der Waals surface area contributed by atoms with Crippen LogP contribution in [0.25, 0.3) is 0 Å². The molecular weight excluding hydrogens is 343 g/mol. The number of rotatable bonds is 4. The van der Waals surface area contributed by atoms with Crippen LogP contribution in [0.15, 0.2) is 42.5 Å². The maximum absolute atomic E-state index is 13.8. The second kappa shape index (κ2) is 6.75. The zero-order chi connectivity index (χ0) is 18.8. The Balaban J connectivity index is 1.74. The first-order valence-corrected chi connectivity index (χ1v) is 7.55. The second-order valence-electron chi connectivity index (χ2n) is 5.48. The molecule has 0 spiro atoms. The third-order valence-corrected chi connectivity index (χ3v) is 3.82. The maximum atomic E-state index is 13.8. The Labute approximate surface area is 147 Å². The molecule has 2 aromatic carbocycles. The van der Waals surface area contributed by atoms with Gasteiger partial charge in [0.15, 0.2) is 0 Å². The number of esters is 1. The first-order chi connectivity index (χ1) is 12.4. The van der Waals surface area contributed by atoms with Crippen LogP contribution in [-0.4, -0.2) is 42.2 Å². The molecular formula is C18H13FN2O5. The highest BCUT2D eigenvalue weighted by molar-refractivity contribution is 6.22. The highest BCUT2D eigenvalue weighted by Crippen LogP contribution is 2.25. The Morgan fingerprint density at radius 2 is 1.85 bits per heavy atom. The van der Waals surface area contributed by atoms with Crippen molar-refractivity contribution in [3.63, 3.8) is 0 Å². The van der Waals surface area contributed by atoms with Crippen molar-refractivity contribution in [1.29, 1.82) is 0 Å². The van der Waals surface area contributed by atoms with Gasteiger partial charge in [-0.1, -0.05) is 12.1 Å². The standard InChI is InChI=1S/C18H13FN2O5/c1-26-18(25)10-4-2-5-11(8-10)20-14(22)9-21-16(23)12-6-3-7-13(19)15(12)17(21)24/h2-8H,9H2,1H3,(H,20,22). The molecule has 1 heterocycles. The minimum Gasteiger partial charge on any atom is -0.465 e. The predicted molar refractivity (Wildman–Crippen MR) is 88.2 cm³/mol. The maximum Gasteiger partial charge on any atom is 0.337 e. The summed E-state index contributed by atoms with van der Waals surface area (Å²) in [7, 11) is 1.23. The lowest BCUT2D eigenvalue weighted by molar-refractivity contribution is -0.116. The largest absolute Gasteiger partial charge is 0.465 e. The topological polar surface area (TPSA) is 92.8 Å². The highest BCUT2D eigenvalue weighted by Gasteiger charge is 2.38. The van der Waals surface area contributed by atoms with Gasteiger partial charge in [0.2, 0.25) is 5.91 Å². The number of methoxy groups -OCH3 is 1. The SMILES string of the molecule is COC(=O)c1cccc(NC(=O)CN2C(=O)c3cccc(F)c3C2=O)c1. The lowest BCUT2D eigenvalue weighted by Gasteiger charge is -2.14. The van der Waals surface area contributed by atoms with Crippen LogP contribution >= 0.6 is 0 Å². The quantitative estimate of drug-likeness (QED) is 0.667. The summed E-state index contributed by atoms with van der Waals surface area (Å²) in [5.41, 5.74) is 0.113. The van der Waals surface area contributed by atoms with Gasteiger partial charge in [0.05, 0.1) is 23.8 Å². The fourth-order valence-electron chi connectivity index (χ4n) is 2.62. The number of ether oxygens (including phenoxy) is 1. The number of fused-ring (bicyclic) bond motifs is 1. The molecule has 0 saturated heterocycles. The summed E-state index contributed by atoms with van der Waals surface area (Å²) in [4.78, 5) is 48.8. The molecule has 3 amide bonds. The number of carbonyl (C=O) groups is 4. The van der Waals surface area contributed by atoms with E-state index in [1.54, 1.807) is 6.07 Å². The summed E-state index contributed by atoms with van der Waals surface area (Å²) in [5.74, 6) is -3.64. The lowest BCUT2D eigenvalue weighted by Crippen LogP contribution is -2.37. The summed E-state index contributed by atoms with van der Waals surface area (Å²) in [6, 6.07) is 9.70. The van der Waals surface area contributed by atoms with Gasteiger partial charge in [-0.25, -0.2) is 9.18 Å². The number of amides is 3. The molecule has 26 heavy (non-hydrogen) atoms. The number of anilines is 1. The monoisotopic (exact) mass is 356 g/mol. The van der Waals surface area contributed by atoms with Gasteiger partial charge in [0.25, 0.3) is 11.8 Å². The third kappa shape index (κ3) is 3.04. The fraction of sp³-hybridized carbons (Fsp3) is 0.111. The molecule has 0 atom stereocenters. The molecule has 0 aliphatic carbocycles. The van der Waals surface area contributed by atoms with E-state index < -0.39 is 36.1 Å². The number of benzene rings is 2. The van der Waals surface area contributed by atoms with Gasteiger partial charge in [0, 0.05) is 5.69 Å². The van der Waals surface area contributed by atoms with Crippen molar-refractivity contribution >= 4 is 29.4 Å². The highest BCUT2D eigenvalue weighted by atomic mass is 19.1. The molecule has 0 saturated carbocycles. The molecule has 0 unspecified atom stereocenters. The number of nitrogens with one attached hydrogen (secondary N) is 1. The van der Waals surface area contributed by atoms with Crippen molar-refractivity contribution < 1.29 is 28.3 Å². The molecule has 7 nitrogen and oxygen atoms in total. The van der Waals surface area contributed by atoms with E-state index in [0.717, 1.165) is 6.07 Å². The summed E-state index contributed by atoms with van der Waals surface area (Å²) >= 11 is 0. The zero-order valence-electron chi connectivity index (χ0n) is 13.6. The smallest absolute Gasteiger partial charge is 0.337 e. The van der Waals surface area contributed by atoms with Crippen LogP contribution in [0.3, 0.4) is 0 Å².